The van der Waals surface area contributed by atoms with Crippen LogP contribution < -0.4 is 19.7 Å². The van der Waals surface area contributed by atoms with Crippen molar-refractivity contribution in [3.63, 3.8) is 0 Å². The van der Waals surface area contributed by atoms with Crippen molar-refractivity contribution in [1.82, 2.24) is 5.32 Å². The molecule has 0 atom stereocenters. The SMILES string of the molecule is CCc1ccccc1N1C(=O)NC(=O)/C(=C\c2ccc(OCc3ccc(I)cc3)c(OC)c2)C1=O. The number of methoxy groups -OCH3 is 1. The Balaban J connectivity index is 1.60. The summed E-state index contributed by atoms with van der Waals surface area (Å²) in [5.41, 5.74) is 2.69. The molecule has 8 heteroatoms. The largest absolute Gasteiger partial charge is 0.493 e. The molecule has 3 aromatic rings. The van der Waals surface area contributed by atoms with Crippen molar-refractivity contribution in [2.45, 2.75) is 20.0 Å². The molecule has 0 radical (unpaired) electrons. The maximum atomic E-state index is 13.2. The molecule has 0 bridgehead atoms. The molecule has 0 spiro atoms. The van der Waals surface area contributed by atoms with Gasteiger partial charge < -0.3 is 9.47 Å². The van der Waals surface area contributed by atoms with Crippen LogP contribution in [0.25, 0.3) is 6.08 Å². The number of imide groups is 2. The molecule has 1 N–H and O–H groups in total. The van der Waals surface area contributed by atoms with Gasteiger partial charge in [-0.15, -0.1) is 0 Å². The summed E-state index contributed by atoms with van der Waals surface area (Å²) in [6.07, 6.45) is 2.07. The number of nitrogens with zero attached hydrogens (tertiary/aromatic N) is 1. The van der Waals surface area contributed by atoms with Gasteiger partial charge in [0, 0.05) is 3.57 Å². The van der Waals surface area contributed by atoms with Gasteiger partial charge >= 0.3 is 6.03 Å². The number of hydrogen-bond acceptors (Lipinski definition) is 5. The second kappa shape index (κ2) is 10.7. The number of urea groups is 1. The van der Waals surface area contributed by atoms with E-state index < -0.39 is 17.8 Å². The zero-order chi connectivity index (χ0) is 24.9. The third kappa shape index (κ3) is 5.37. The first-order valence-corrected chi connectivity index (χ1v) is 12.0. The van der Waals surface area contributed by atoms with Gasteiger partial charge in [-0.25, -0.2) is 9.69 Å². The number of carbonyl (C=O) groups is 3. The minimum absolute atomic E-state index is 0.148. The molecule has 0 aromatic heterocycles. The monoisotopic (exact) mass is 582 g/mol. The van der Waals surface area contributed by atoms with E-state index in [1.54, 1.807) is 30.3 Å². The van der Waals surface area contributed by atoms with Crippen LogP contribution in [0.3, 0.4) is 0 Å². The van der Waals surface area contributed by atoms with E-state index in [4.69, 9.17) is 9.47 Å². The Hall–Kier alpha value is -3.66. The summed E-state index contributed by atoms with van der Waals surface area (Å²) in [5, 5.41) is 2.26. The van der Waals surface area contributed by atoms with E-state index in [1.807, 2.05) is 43.3 Å². The van der Waals surface area contributed by atoms with Gasteiger partial charge in [0.25, 0.3) is 11.8 Å². The van der Waals surface area contributed by atoms with Crippen LogP contribution in [0.1, 0.15) is 23.6 Å². The fraction of sp³-hybridized carbons (Fsp3) is 0.148. The van der Waals surface area contributed by atoms with E-state index in [9.17, 15) is 14.4 Å². The summed E-state index contributed by atoms with van der Waals surface area (Å²) < 4.78 is 12.5. The lowest BCUT2D eigenvalue weighted by atomic mass is 10.0. The zero-order valence-corrected chi connectivity index (χ0v) is 21.4. The van der Waals surface area contributed by atoms with Gasteiger partial charge in [-0.05, 0) is 82.1 Å². The van der Waals surface area contributed by atoms with Crippen LogP contribution in [0.2, 0.25) is 0 Å². The summed E-state index contributed by atoms with van der Waals surface area (Å²) in [4.78, 5) is 39.3. The molecule has 4 amide bonds. The molecule has 1 aliphatic heterocycles. The standard InChI is InChI=1S/C27H23IN2O5/c1-3-19-6-4-5-7-22(19)30-26(32)21(25(31)29-27(30)33)14-18-10-13-23(24(15-18)34-2)35-16-17-8-11-20(28)12-9-17/h4-15H,3,16H2,1-2H3,(H,29,31,33)/b21-14+. The number of rotatable bonds is 7. The number of barbiturate groups is 1. The molecule has 0 aliphatic carbocycles. The first kappa shape index (κ1) is 24.5. The molecule has 7 nitrogen and oxygen atoms in total. The lowest BCUT2D eigenvalue weighted by Gasteiger charge is -2.28. The van der Waals surface area contributed by atoms with Gasteiger partial charge in [0.2, 0.25) is 0 Å². The predicted octanol–water partition coefficient (Wildman–Crippen LogP) is 5.11. The highest BCUT2D eigenvalue weighted by atomic mass is 127. The highest BCUT2D eigenvalue weighted by Gasteiger charge is 2.37. The van der Waals surface area contributed by atoms with Gasteiger partial charge in [0.15, 0.2) is 11.5 Å². The molecule has 1 fully saturated rings. The van der Waals surface area contributed by atoms with E-state index in [0.29, 0.717) is 35.8 Å². The highest BCUT2D eigenvalue weighted by molar-refractivity contribution is 14.1. The van der Waals surface area contributed by atoms with E-state index in [-0.39, 0.29) is 5.57 Å². The molecule has 1 heterocycles. The number of anilines is 1. The number of halogens is 1. The number of hydrogen-bond donors (Lipinski definition) is 1. The maximum Gasteiger partial charge on any atom is 0.335 e. The lowest BCUT2D eigenvalue weighted by molar-refractivity contribution is -0.122. The third-order valence-corrected chi connectivity index (χ3v) is 6.24. The van der Waals surface area contributed by atoms with Crippen LogP contribution in [0, 0.1) is 3.57 Å². The van der Waals surface area contributed by atoms with E-state index >= 15 is 0 Å². The smallest absolute Gasteiger partial charge is 0.335 e. The topological polar surface area (TPSA) is 84.9 Å². The number of carbonyl (C=O) groups excluding carboxylic acids is 3. The van der Waals surface area contributed by atoms with E-state index in [0.717, 1.165) is 19.6 Å². The van der Waals surface area contributed by atoms with E-state index in [1.165, 1.54) is 13.2 Å². The van der Waals surface area contributed by atoms with Crippen molar-refractivity contribution in [2.75, 3.05) is 12.0 Å². The normalized spacial score (nSPS) is 14.8. The number of para-hydroxylation sites is 1. The molecular formula is C27H23IN2O5. The Labute approximate surface area is 216 Å². The van der Waals surface area contributed by atoms with Crippen LogP contribution >= 0.6 is 22.6 Å². The quantitative estimate of drug-likeness (QED) is 0.238. The molecule has 1 aliphatic rings. The number of ether oxygens (including phenoxy) is 2. The summed E-state index contributed by atoms with van der Waals surface area (Å²) in [7, 11) is 1.52. The fourth-order valence-electron chi connectivity index (χ4n) is 3.71. The van der Waals surface area contributed by atoms with Gasteiger partial charge in [0.1, 0.15) is 12.2 Å². The Bertz CT molecular complexity index is 1320. The Morgan fingerprint density at radius 2 is 1.71 bits per heavy atom. The number of benzene rings is 3. The number of aryl methyl sites for hydroxylation is 1. The highest BCUT2D eigenvalue weighted by Crippen LogP contribution is 2.31. The first-order chi connectivity index (χ1) is 16.9. The predicted molar refractivity (Wildman–Crippen MR) is 141 cm³/mol. The second-order valence-corrected chi connectivity index (χ2v) is 9.01. The fourth-order valence-corrected chi connectivity index (χ4v) is 4.07. The van der Waals surface area contributed by atoms with Crippen LogP contribution in [0.15, 0.2) is 72.3 Å². The van der Waals surface area contributed by atoms with Gasteiger partial charge in [0.05, 0.1) is 12.8 Å². The summed E-state index contributed by atoms with van der Waals surface area (Å²) in [5.74, 6) is -0.444. The van der Waals surface area contributed by atoms with Crippen LogP contribution in [-0.4, -0.2) is 25.0 Å². The molecule has 0 saturated carbocycles. The van der Waals surface area contributed by atoms with Crippen molar-refractivity contribution in [1.29, 1.82) is 0 Å². The van der Waals surface area contributed by atoms with Crippen molar-refractivity contribution in [2.24, 2.45) is 0 Å². The maximum absolute atomic E-state index is 13.2. The van der Waals surface area contributed by atoms with Crippen LogP contribution in [0.4, 0.5) is 10.5 Å². The number of amides is 4. The van der Waals surface area contributed by atoms with Crippen LogP contribution in [-0.2, 0) is 22.6 Å². The summed E-state index contributed by atoms with van der Waals surface area (Å²) in [6.45, 7) is 2.30. The molecular weight excluding hydrogens is 559 g/mol. The molecule has 1 saturated heterocycles. The Morgan fingerprint density at radius 3 is 2.43 bits per heavy atom. The Kier molecular flexibility index (Phi) is 7.50. The first-order valence-electron chi connectivity index (χ1n) is 11.0. The van der Waals surface area contributed by atoms with Gasteiger partial charge in [-0.2, -0.15) is 0 Å². The summed E-state index contributed by atoms with van der Waals surface area (Å²) in [6, 6.07) is 19.5. The van der Waals surface area contributed by atoms with Crippen molar-refractivity contribution in [3.8, 4) is 11.5 Å². The minimum atomic E-state index is -0.769. The van der Waals surface area contributed by atoms with Crippen molar-refractivity contribution in [3.05, 3.63) is 92.6 Å². The second-order valence-electron chi connectivity index (χ2n) is 7.77. The van der Waals surface area contributed by atoms with Crippen LogP contribution in [0.5, 0.6) is 11.5 Å². The molecule has 35 heavy (non-hydrogen) atoms. The molecule has 4 rings (SSSR count). The average Bonchev–Trinajstić information content (AvgIpc) is 2.86. The van der Waals surface area contributed by atoms with Crippen molar-refractivity contribution < 1.29 is 23.9 Å². The lowest BCUT2D eigenvalue weighted by Crippen LogP contribution is -2.54. The molecule has 178 valence electrons. The van der Waals surface area contributed by atoms with Gasteiger partial charge in [-0.3, -0.25) is 14.9 Å². The number of nitrogens with one attached hydrogen (secondary N) is 1. The minimum Gasteiger partial charge on any atom is -0.493 e. The average molecular weight is 582 g/mol. The summed E-state index contributed by atoms with van der Waals surface area (Å²) >= 11 is 2.25. The van der Waals surface area contributed by atoms with Crippen molar-refractivity contribution >= 4 is 52.2 Å². The molecule has 3 aromatic carbocycles. The zero-order valence-electron chi connectivity index (χ0n) is 19.2. The molecule has 0 unspecified atom stereocenters. The van der Waals surface area contributed by atoms with E-state index in [2.05, 4.69) is 27.9 Å². The third-order valence-electron chi connectivity index (χ3n) is 5.52. The Morgan fingerprint density at radius 1 is 0.971 bits per heavy atom. The van der Waals surface area contributed by atoms with Gasteiger partial charge in [-0.1, -0.05) is 43.3 Å².